The van der Waals surface area contributed by atoms with Crippen LogP contribution in [0.5, 0.6) is 11.5 Å². The zero-order valence-corrected chi connectivity index (χ0v) is 15.3. The first kappa shape index (κ1) is 21.4. The average molecular weight is 385 g/mol. The van der Waals surface area contributed by atoms with E-state index in [-0.39, 0.29) is 29.7 Å². The van der Waals surface area contributed by atoms with E-state index in [9.17, 15) is 30.3 Å². The zero-order valence-electron chi connectivity index (χ0n) is 15.3. The van der Waals surface area contributed by atoms with Gasteiger partial charge in [-0.05, 0) is 24.5 Å². The number of nitrogens with one attached hydrogen (secondary N) is 1. The number of ether oxygens (including phenoxy) is 2. The number of amides is 1. The number of carbonyl (C=O) groups is 1. The van der Waals surface area contributed by atoms with Gasteiger partial charge in [0.2, 0.25) is 12.2 Å². The third kappa shape index (κ3) is 5.08. The minimum absolute atomic E-state index is 0.0890. The summed E-state index contributed by atoms with van der Waals surface area (Å²) in [4.78, 5) is 11.7. The third-order valence-electron chi connectivity index (χ3n) is 4.50. The molecule has 1 aliphatic heterocycles. The Kier molecular flexibility index (Phi) is 7.40. The molecule has 1 aliphatic rings. The molecule has 0 radical (unpaired) electrons. The van der Waals surface area contributed by atoms with Gasteiger partial charge in [0.05, 0.1) is 6.61 Å². The van der Waals surface area contributed by atoms with E-state index in [1.165, 1.54) is 12.1 Å². The number of aliphatic hydroxyl groups excluding tert-OH is 4. The van der Waals surface area contributed by atoms with Crippen LogP contribution < -0.4 is 10.1 Å². The van der Waals surface area contributed by atoms with Gasteiger partial charge in [0, 0.05) is 19.0 Å². The van der Waals surface area contributed by atoms with Crippen LogP contribution in [0.3, 0.4) is 0 Å². The highest BCUT2D eigenvalue weighted by Gasteiger charge is 2.44. The van der Waals surface area contributed by atoms with E-state index < -0.39 is 37.3 Å². The average Bonchev–Trinajstić information content (AvgIpc) is 2.62. The van der Waals surface area contributed by atoms with Gasteiger partial charge in [0.15, 0.2) is 0 Å². The van der Waals surface area contributed by atoms with E-state index in [1.54, 1.807) is 6.07 Å². The number of phenols is 1. The second kappa shape index (κ2) is 9.34. The number of rotatable bonds is 7. The number of aromatic hydroxyl groups is 1. The summed E-state index contributed by atoms with van der Waals surface area (Å²) < 4.78 is 10.7. The van der Waals surface area contributed by atoms with Crippen LogP contribution >= 0.6 is 0 Å². The number of hydrogen-bond donors (Lipinski definition) is 6. The van der Waals surface area contributed by atoms with Gasteiger partial charge in [-0.2, -0.15) is 0 Å². The number of phenolic OH excluding ortho intramolecular Hbond substituents is 1. The second-order valence-electron chi connectivity index (χ2n) is 6.59. The Morgan fingerprint density at radius 3 is 2.56 bits per heavy atom. The standard InChI is InChI=1S/C18H27NO8/c1-3-19-14(22)6-9(2)11-5-4-10(7-12(11)21)26-18-17(25)16(24)15(23)13(8-20)27-18/h4-5,7,9,13,15-18,20-21,23-25H,3,6,8H2,1-2H3,(H,19,22)/t9?,13-,15?,16+,17?,18-/m1/s1. The van der Waals surface area contributed by atoms with Gasteiger partial charge < -0.3 is 40.3 Å². The van der Waals surface area contributed by atoms with Crippen molar-refractivity contribution in [3.63, 3.8) is 0 Å². The van der Waals surface area contributed by atoms with E-state index in [2.05, 4.69) is 5.32 Å². The second-order valence-corrected chi connectivity index (χ2v) is 6.59. The Bertz CT molecular complexity index is 638. The Morgan fingerprint density at radius 2 is 1.96 bits per heavy atom. The molecule has 1 amide bonds. The molecule has 1 saturated heterocycles. The van der Waals surface area contributed by atoms with Crippen LogP contribution in [0.2, 0.25) is 0 Å². The summed E-state index contributed by atoms with van der Waals surface area (Å²) in [6.07, 6.45) is -6.77. The van der Waals surface area contributed by atoms with Gasteiger partial charge in [-0.3, -0.25) is 4.79 Å². The maximum Gasteiger partial charge on any atom is 0.229 e. The topological polar surface area (TPSA) is 149 Å². The molecule has 9 heteroatoms. The molecule has 1 fully saturated rings. The summed E-state index contributed by atoms with van der Waals surface area (Å²) in [5.74, 6) is -0.274. The van der Waals surface area contributed by atoms with E-state index in [0.29, 0.717) is 12.1 Å². The van der Waals surface area contributed by atoms with Crippen LogP contribution in [-0.4, -0.2) is 75.3 Å². The van der Waals surface area contributed by atoms with Crippen molar-refractivity contribution in [3.8, 4) is 11.5 Å². The van der Waals surface area contributed by atoms with Gasteiger partial charge in [-0.25, -0.2) is 0 Å². The fraction of sp³-hybridized carbons (Fsp3) is 0.611. The van der Waals surface area contributed by atoms with Crippen molar-refractivity contribution in [2.45, 2.75) is 56.9 Å². The molecule has 0 aromatic heterocycles. The lowest BCUT2D eigenvalue weighted by Crippen LogP contribution is -2.60. The number of aliphatic hydroxyl groups is 4. The zero-order chi connectivity index (χ0) is 20.1. The highest BCUT2D eigenvalue weighted by atomic mass is 16.7. The van der Waals surface area contributed by atoms with E-state index in [1.807, 2.05) is 13.8 Å². The molecule has 2 rings (SSSR count). The first-order valence-corrected chi connectivity index (χ1v) is 8.85. The minimum atomic E-state index is -1.55. The molecule has 0 bridgehead atoms. The lowest BCUT2D eigenvalue weighted by Gasteiger charge is -2.39. The van der Waals surface area contributed by atoms with Crippen molar-refractivity contribution >= 4 is 5.91 Å². The summed E-state index contributed by atoms with van der Waals surface area (Å²) >= 11 is 0. The summed E-state index contributed by atoms with van der Waals surface area (Å²) in [7, 11) is 0. The highest BCUT2D eigenvalue weighted by Crippen LogP contribution is 2.33. The molecule has 3 unspecified atom stereocenters. The SMILES string of the molecule is CCNC(=O)CC(C)c1ccc(O[C@@H]2O[C@H](CO)C(O)[C@H](O)C2O)cc1O. The van der Waals surface area contributed by atoms with Crippen molar-refractivity contribution in [1.29, 1.82) is 0 Å². The lowest BCUT2D eigenvalue weighted by molar-refractivity contribution is -0.277. The Hall–Kier alpha value is -1.91. The molecule has 1 heterocycles. The maximum absolute atomic E-state index is 11.7. The Balaban J connectivity index is 2.07. The number of carbonyl (C=O) groups excluding carboxylic acids is 1. The maximum atomic E-state index is 11.7. The molecule has 0 aliphatic carbocycles. The molecule has 0 spiro atoms. The molecule has 1 aromatic carbocycles. The van der Waals surface area contributed by atoms with Crippen LogP contribution in [-0.2, 0) is 9.53 Å². The predicted octanol–water partition coefficient (Wildman–Crippen LogP) is -0.799. The van der Waals surface area contributed by atoms with Crippen LogP contribution in [0.4, 0.5) is 0 Å². The quantitative estimate of drug-likeness (QED) is 0.357. The van der Waals surface area contributed by atoms with Crippen LogP contribution in [0.15, 0.2) is 18.2 Å². The fourth-order valence-electron chi connectivity index (χ4n) is 2.97. The minimum Gasteiger partial charge on any atom is -0.508 e. The molecule has 1 aromatic rings. The van der Waals surface area contributed by atoms with Gasteiger partial charge in [-0.15, -0.1) is 0 Å². The number of hydrogen-bond acceptors (Lipinski definition) is 8. The van der Waals surface area contributed by atoms with Crippen LogP contribution in [0, 0.1) is 0 Å². The van der Waals surface area contributed by atoms with Gasteiger partial charge in [0.1, 0.15) is 35.9 Å². The normalized spacial score (nSPS) is 29.2. The molecule has 0 saturated carbocycles. The molecule has 6 atom stereocenters. The largest absolute Gasteiger partial charge is 0.508 e. The predicted molar refractivity (Wildman–Crippen MR) is 94.2 cm³/mol. The molecular formula is C18H27NO8. The molecule has 152 valence electrons. The van der Waals surface area contributed by atoms with E-state index in [4.69, 9.17) is 9.47 Å². The van der Waals surface area contributed by atoms with Crippen molar-refractivity contribution in [2.24, 2.45) is 0 Å². The van der Waals surface area contributed by atoms with Crippen molar-refractivity contribution < 1.29 is 39.8 Å². The summed E-state index contributed by atoms with van der Waals surface area (Å²) in [5.41, 5.74) is 0.558. The van der Waals surface area contributed by atoms with E-state index >= 15 is 0 Å². The first-order valence-electron chi connectivity index (χ1n) is 8.85. The monoisotopic (exact) mass is 385 g/mol. The molecule has 6 N–H and O–H groups in total. The van der Waals surface area contributed by atoms with E-state index in [0.717, 1.165) is 0 Å². The Morgan fingerprint density at radius 1 is 1.26 bits per heavy atom. The van der Waals surface area contributed by atoms with Gasteiger partial charge in [0.25, 0.3) is 0 Å². The molecular weight excluding hydrogens is 358 g/mol. The van der Waals surface area contributed by atoms with Crippen molar-refractivity contribution in [3.05, 3.63) is 23.8 Å². The summed E-state index contributed by atoms with van der Waals surface area (Å²) in [5, 5.41) is 51.7. The molecule has 27 heavy (non-hydrogen) atoms. The fourth-order valence-corrected chi connectivity index (χ4v) is 2.97. The van der Waals surface area contributed by atoms with Gasteiger partial charge >= 0.3 is 0 Å². The summed E-state index contributed by atoms with van der Waals surface area (Å²) in [6, 6.07) is 4.44. The highest BCUT2D eigenvalue weighted by molar-refractivity contribution is 5.76. The third-order valence-corrected chi connectivity index (χ3v) is 4.50. The molecule has 9 nitrogen and oxygen atoms in total. The van der Waals surface area contributed by atoms with Crippen LogP contribution in [0.25, 0.3) is 0 Å². The summed E-state index contributed by atoms with van der Waals surface area (Å²) in [6.45, 7) is 3.60. The van der Waals surface area contributed by atoms with Crippen LogP contribution in [0.1, 0.15) is 31.7 Å². The van der Waals surface area contributed by atoms with Crippen molar-refractivity contribution in [2.75, 3.05) is 13.2 Å². The smallest absolute Gasteiger partial charge is 0.229 e. The number of benzene rings is 1. The van der Waals surface area contributed by atoms with Crippen molar-refractivity contribution in [1.82, 2.24) is 5.32 Å². The lowest BCUT2D eigenvalue weighted by atomic mass is 9.96. The first-order chi connectivity index (χ1) is 12.8. The Labute approximate surface area is 157 Å². The van der Waals surface area contributed by atoms with Gasteiger partial charge in [-0.1, -0.05) is 13.0 Å².